The predicted molar refractivity (Wildman–Crippen MR) is 99.5 cm³/mol. The van der Waals surface area contributed by atoms with Crippen molar-refractivity contribution >= 4 is 33.5 Å². The molecule has 0 spiro atoms. The highest BCUT2D eigenvalue weighted by Gasteiger charge is 2.10. The van der Waals surface area contributed by atoms with Crippen LogP contribution in [0.2, 0.25) is 0 Å². The molecule has 5 nitrogen and oxygen atoms in total. The van der Waals surface area contributed by atoms with Crippen LogP contribution in [0.25, 0.3) is 21.8 Å². The van der Waals surface area contributed by atoms with Crippen LogP contribution < -0.4 is 10.5 Å². The Labute approximate surface area is 146 Å². The fourth-order valence-corrected chi connectivity index (χ4v) is 2.77. The van der Waals surface area contributed by atoms with E-state index in [1.807, 2.05) is 50.2 Å². The van der Waals surface area contributed by atoms with Gasteiger partial charge < -0.3 is 15.2 Å². The number of carbonyl (C=O) groups is 1. The van der Waals surface area contributed by atoms with Crippen molar-refractivity contribution in [2.75, 3.05) is 12.8 Å². The SMILES string of the molecule is COc1ccc2nc3ccc(COC(=O)CC(C)C)cc3c(N)c2c1. The van der Waals surface area contributed by atoms with E-state index in [0.717, 1.165) is 33.1 Å². The van der Waals surface area contributed by atoms with Gasteiger partial charge in [-0.05, 0) is 41.8 Å². The maximum absolute atomic E-state index is 11.7. The smallest absolute Gasteiger partial charge is 0.306 e. The largest absolute Gasteiger partial charge is 0.497 e. The van der Waals surface area contributed by atoms with Gasteiger partial charge in [0.25, 0.3) is 0 Å². The summed E-state index contributed by atoms with van der Waals surface area (Å²) < 4.78 is 10.6. The Balaban J connectivity index is 1.94. The number of aromatic nitrogens is 1. The van der Waals surface area contributed by atoms with Crippen molar-refractivity contribution in [1.82, 2.24) is 4.98 Å². The number of nitrogens with zero attached hydrogens (tertiary/aromatic N) is 1. The molecular formula is C20H22N2O3. The summed E-state index contributed by atoms with van der Waals surface area (Å²) in [6.07, 6.45) is 0.418. The van der Waals surface area contributed by atoms with Gasteiger partial charge in [-0.3, -0.25) is 4.79 Å². The molecule has 3 aromatic rings. The van der Waals surface area contributed by atoms with E-state index >= 15 is 0 Å². The monoisotopic (exact) mass is 338 g/mol. The molecule has 0 aliphatic rings. The quantitative estimate of drug-likeness (QED) is 0.561. The van der Waals surface area contributed by atoms with Gasteiger partial charge in [-0.15, -0.1) is 0 Å². The third-order valence-corrected chi connectivity index (χ3v) is 4.06. The molecule has 0 aliphatic carbocycles. The fraction of sp³-hybridized carbons (Fsp3) is 0.300. The van der Waals surface area contributed by atoms with E-state index in [0.29, 0.717) is 12.1 Å². The predicted octanol–water partition coefficient (Wildman–Crippen LogP) is 4.07. The number of nitrogen functional groups attached to an aromatic ring is 1. The first-order valence-corrected chi connectivity index (χ1v) is 8.29. The molecule has 0 aliphatic heterocycles. The molecule has 130 valence electrons. The van der Waals surface area contributed by atoms with Crippen molar-refractivity contribution in [2.24, 2.45) is 5.92 Å². The number of methoxy groups -OCH3 is 1. The molecule has 0 saturated carbocycles. The van der Waals surface area contributed by atoms with Crippen molar-refractivity contribution in [3.63, 3.8) is 0 Å². The molecular weight excluding hydrogens is 316 g/mol. The van der Waals surface area contributed by atoms with Crippen LogP contribution in [0.4, 0.5) is 5.69 Å². The molecule has 0 unspecified atom stereocenters. The first-order chi connectivity index (χ1) is 12.0. The van der Waals surface area contributed by atoms with Gasteiger partial charge in [-0.1, -0.05) is 19.9 Å². The average Bonchev–Trinajstić information content (AvgIpc) is 2.59. The number of pyridine rings is 1. The Morgan fingerprint density at radius 1 is 1.12 bits per heavy atom. The summed E-state index contributed by atoms with van der Waals surface area (Å²) >= 11 is 0. The van der Waals surface area contributed by atoms with E-state index in [1.165, 1.54) is 0 Å². The molecule has 5 heteroatoms. The molecule has 0 radical (unpaired) electrons. The van der Waals surface area contributed by atoms with Crippen molar-refractivity contribution in [1.29, 1.82) is 0 Å². The van der Waals surface area contributed by atoms with E-state index in [9.17, 15) is 4.79 Å². The van der Waals surface area contributed by atoms with Crippen molar-refractivity contribution in [3.8, 4) is 5.75 Å². The minimum atomic E-state index is -0.190. The van der Waals surface area contributed by atoms with Crippen LogP contribution in [0.1, 0.15) is 25.8 Å². The van der Waals surface area contributed by atoms with Gasteiger partial charge in [0.15, 0.2) is 0 Å². The lowest BCUT2D eigenvalue weighted by molar-refractivity contribution is -0.145. The molecule has 2 N–H and O–H groups in total. The van der Waals surface area contributed by atoms with Gasteiger partial charge in [0.1, 0.15) is 12.4 Å². The standard InChI is InChI=1S/C20H22N2O3/c1-12(2)8-19(23)25-11-13-4-6-17-15(9-13)20(21)16-10-14(24-3)5-7-18(16)22-17/h4-7,9-10,12H,8,11H2,1-3H3,(H2,21,22). The third-order valence-electron chi connectivity index (χ3n) is 4.06. The van der Waals surface area contributed by atoms with Gasteiger partial charge in [0.05, 0.1) is 23.8 Å². The number of esters is 1. The van der Waals surface area contributed by atoms with Gasteiger partial charge in [-0.2, -0.15) is 0 Å². The Hall–Kier alpha value is -2.82. The fourth-order valence-electron chi connectivity index (χ4n) is 2.77. The zero-order valence-electron chi connectivity index (χ0n) is 14.7. The Kier molecular flexibility index (Phi) is 4.74. The lowest BCUT2D eigenvalue weighted by atomic mass is 10.1. The third kappa shape index (κ3) is 3.65. The molecule has 25 heavy (non-hydrogen) atoms. The minimum Gasteiger partial charge on any atom is -0.497 e. The van der Waals surface area contributed by atoms with Gasteiger partial charge in [0, 0.05) is 17.2 Å². The Bertz CT molecular complexity index is 935. The second kappa shape index (κ2) is 6.97. The normalized spacial score (nSPS) is 11.2. The highest BCUT2D eigenvalue weighted by Crippen LogP contribution is 2.31. The number of ether oxygens (including phenoxy) is 2. The van der Waals surface area contributed by atoms with Gasteiger partial charge in [-0.25, -0.2) is 4.98 Å². The number of hydrogen-bond acceptors (Lipinski definition) is 5. The number of rotatable bonds is 5. The average molecular weight is 338 g/mol. The number of fused-ring (bicyclic) bond motifs is 2. The topological polar surface area (TPSA) is 74.4 Å². The summed E-state index contributed by atoms with van der Waals surface area (Å²) in [5.74, 6) is 0.828. The molecule has 0 amide bonds. The molecule has 0 fully saturated rings. The summed E-state index contributed by atoms with van der Waals surface area (Å²) in [7, 11) is 1.62. The summed E-state index contributed by atoms with van der Waals surface area (Å²) in [4.78, 5) is 16.4. The van der Waals surface area contributed by atoms with Gasteiger partial charge >= 0.3 is 5.97 Å². The van der Waals surface area contributed by atoms with E-state index in [2.05, 4.69) is 4.98 Å². The minimum absolute atomic E-state index is 0.190. The number of carbonyl (C=O) groups excluding carboxylic acids is 1. The second-order valence-electron chi connectivity index (χ2n) is 6.52. The molecule has 0 bridgehead atoms. The van der Waals surface area contributed by atoms with Crippen LogP contribution in [0, 0.1) is 5.92 Å². The Morgan fingerprint density at radius 3 is 2.48 bits per heavy atom. The zero-order chi connectivity index (χ0) is 18.0. The van der Waals surface area contributed by atoms with Crippen molar-refractivity contribution < 1.29 is 14.3 Å². The molecule has 0 saturated heterocycles. The lowest BCUT2D eigenvalue weighted by Crippen LogP contribution is -2.07. The highest BCUT2D eigenvalue weighted by molar-refractivity contribution is 6.06. The maximum atomic E-state index is 11.7. The first kappa shape index (κ1) is 17.0. The molecule has 2 aromatic carbocycles. The van der Waals surface area contributed by atoms with Crippen LogP contribution >= 0.6 is 0 Å². The van der Waals surface area contributed by atoms with Crippen LogP contribution in [0.3, 0.4) is 0 Å². The van der Waals surface area contributed by atoms with Crippen LogP contribution in [-0.2, 0) is 16.1 Å². The van der Waals surface area contributed by atoms with Crippen LogP contribution in [0.15, 0.2) is 36.4 Å². The summed E-state index contributed by atoms with van der Waals surface area (Å²) in [5.41, 5.74) is 9.54. The van der Waals surface area contributed by atoms with Crippen molar-refractivity contribution in [3.05, 3.63) is 42.0 Å². The summed E-state index contributed by atoms with van der Waals surface area (Å²) in [5, 5.41) is 1.69. The van der Waals surface area contributed by atoms with E-state index < -0.39 is 0 Å². The van der Waals surface area contributed by atoms with Crippen LogP contribution in [-0.4, -0.2) is 18.1 Å². The van der Waals surface area contributed by atoms with Crippen molar-refractivity contribution in [2.45, 2.75) is 26.9 Å². The number of hydrogen-bond donors (Lipinski definition) is 1. The number of benzene rings is 2. The Morgan fingerprint density at radius 2 is 1.80 bits per heavy atom. The second-order valence-corrected chi connectivity index (χ2v) is 6.52. The molecule has 3 rings (SSSR count). The first-order valence-electron chi connectivity index (χ1n) is 8.29. The molecule has 0 atom stereocenters. The van der Waals surface area contributed by atoms with Gasteiger partial charge in [0.2, 0.25) is 0 Å². The van der Waals surface area contributed by atoms with E-state index in [1.54, 1.807) is 7.11 Å². The highest BCUT2D eigenvalue weighted by atomic mass is 16.5. The van der Waals surface area contributed by atoms with Crippen LogP contribution in [0.5, 0.6) is 5.75 Å². The number of nitrogens with two attached hydrogens (primary N) is 1. The summed E-state index contributed by atoms with van der Waals surface area (Å²) in [6, 6.07) is 11.4. The molecule has 1 heterocycles. The van der Waals surface area contributed by atoms with E-state index in [-0.39, 0.29) is 18.5 Å². The lowest BCUT2D eigenvalue weighted by Gasteiger charge is -2.11. The molecule has 1 aromatic heterocycles. The van der Waals surface area contributed by atoms with E-state index in [4.69, 9.17) is 15.2 Å². The number of anilines is 1. The zero-order valence-corrected chi connectivity index (χ0v) is 14.7. The maximum Gasteiger partial charge on any atom is 0.306 e. The summed E-state index contributed by atoms with van der Waals surface area (Å²) in [6.45, 7) is 4.21.